The van der Waals surface area contributed by atoms with E-state index in [1.807, 2.05) is 34.2 Å². The molecule has 2 aromatic carbocycles. The van der Waals surface area contributed by atoms with Gasteiger partial charge in [0, 0.05) is 54.6 Å². The highest BCUT2D eigenvalue weighted by atomic mass is 32.1. The van der Waals surface area contributed by atoms with E-state index in [1.54, 1.807) is 49.6 Å². The summed E-state index contributed by atoms with van der Waals surface area (Å²) in [7, 11) is 3.09. The van der Waals surface area contributed by atoms with Crippen molar-refractivity contribution >= 4 is 40.2 Å². The number of amides is 2. The first-order chi connectivity index (χ1) is 19.9. The topological polar surface area (TPSA) is 102 Å². The number of piperidine rings is 1. The van der Waals surface area contributed by atoms with Crippen molar-refractivity contribution in [1.82, 2.24) is 4.57 Å². The zero-order valence-electron chi connectivity index (χ0n) is 22.8. The maximum atomic E-state index is 13.3. The Morgan fingerprint density at radius 3 is 2.51 bits per heavy atom. The zero-order chi connectivity index (χ0) is 28.5. The van der Waals surface area contributed by atoms with Gasteiger partial charge < -0.3 is 29.6 Å². The average molecular weight is 571 g/mol. The SMILES string of the molecule is COc1ccc(NC(=O)c2ccc(N3C[C@H]4C[C@@H](C3)c3cccc(=O)n3C4)c(NC(=O)c3cccs3)c2)cc1OC. The molecule has 2 amide bonds. The lowest BCUT2D eigenvalue weighted by molar-refractivity contribution is 0.101. The van der Waals surface area contributed by atoms with E-state index in [4.69, 9.17) is 9.47 Å². The summed E-state index contributed by atoms with van der Waals surface area (Å²) in [4.78, 5) is 41.8. The summed E-state index contributed by atoms with van der Waals surface area (Å²) in [5.41, 5.74) is 3.46. The molecule has 4 heterocycles. The van der Waals surface area contributed by atoms with Crippen LogP contribution >= 0.6 is 11.3 Å². The van der Waals surface area contributed by atoms with Crippen molar-refractivity contribution < 1.29 is 19.1 Å². The van der Waals surface area contributed by atoms with Crippen LogP contribution in [0.4, 0.5) is 17.1 Å². The van der Waals surface area contributed by atoms with Crippen LogP contribution in [-0.2, 0) is 6.54 Å². The molecule has 2 atom stereocenters. The fourth-order valence-electron chi connectivity index (χ4n) is 5.86. The van der Waals surface area contributed by atoms with Gasteiger partial charge in [0.2, 0.25) is 0 Å². The molecule has 2 bridgehead atoms. The number of fused-ring (bicyclic) bond motifs is 4. The number of thiophene rings is 1. The van der Waals surface area contributed by atoms with Crippen LogP contribution in [0, 0.1) is 5.92 Å². The standard InChI is InChI=1S/C31H30N4O5S/c1-39-26-11-9-22(15-27(26)40-2)32-30(37)20-8-10-25(23(14-20)33-31(38)28-6-4-12-41-28)34-16-19-13-21(18-34)24-5-3-7-29(36)35(24)17-19/h3-12,14-15,19,21H,13,16-18H2,1-2H3,(H,32,37)(H,33,38)/t19-,21+/m1/s1. The maximum absolute atomic E-state index is 13.3. The van der Waals surface area contributed by atoms with Gasteiger partial charge in [0.25, 0.3) is 17.4 Å². The largest absolute Gasteiger partial charge is 0.493 e. The Hall–Kier alpha value is -4.57. The van der Waals surface area contributed by atoms with E-state index in [2.05, 4.69) is 15.5 Å². The highest BCUT2D eigenvalue weighted by molar-refractivity contribution is 7.12. The summed E-state index contributed by atoms with van der Waals surface area (Å²) in [5.74, 6) is 1.02. The number of aromatic nitrogens is 1. The van der Waals surface area contributed by atoms with Gasteiger partial charge in [-0.15, -0.1) is 11.3 Å². The van der Waals surface area contributed by atoms with Crippen LogP contribution in [0.1, 0.15) is 38.1 Å². The number of nitrogens with one attached hydrogen (secondary N) is 2. The number of nitrogens with zero attached hydrogens (tertiary/aromatic N) is 2. The van der Waals surface area contributed by atoms with Gasteiger partial charge in [-0.3, -0.25) is 14.4 Å². The monoisotopic (exact) mass is 570 g/mol. The van der Waals surface area contributed by atoms with E-state index < -0.39 is 0 Å². The minimum Gasteiger partial charge on any atom is -0.493 e. The lowest BCUT2D eigenvalue weighted by Crippen LogP contribution is -2.47. The molecule has 0 aliphatic carbocycles. The summed E-state index contributed by atoms with van der Waals surface area (Å²) < 4.78 is 12.5. The van der Waals surface area contributed by atoms with Crippen LogP contribution in [0.15, 0.2) is 76.9 Å². The van der Waals surface area contributed by atoms with Crippen LogP contribution in [0.2, 0.25) is 0 Å². The van der Waals surface area contributed by atoms with Gasteiger partial charge in [0.15, 0.2) is 11.5 Å². The molecule has 41 heavy (non-hydrogen) atoms. The molecule has 0 unspecified atom stereocenters. The lowest BCUT2D eigenvalue weighted by Gasteiger charge is -2.44. The quantitative estimate of drug-likeness (QED) is 0.322. The summed E-state index contributed by atoms with van der Waals surface area (Å²) in [6, 6.07) is 19.6. The van der Waals surface area contributed by atoms with Crippen molar-refractivity contribution in [2.75, 3.05) is 42.8 Å². The van der Waals surface area contributed by atoms with Gasteiger partial charge >= 0.3 is 0 Å². The van der Waals surface area contributed by atoms with Crippen molar-refractivity contribution in [3.63, 3.8) is 0 Å². The van der Waals surface area contributed by atoms with E-state index in [-0.39, 0.29) is 23.3 Å². The van der Waals surface area contributed by atoms with Gasteiger partial charge in [-0.25, -0.2) is 0 Å². The summed E-state index contributed by atoms with van der Waals surface area (Å²) in [6.07, 6.45) is 1.02. The van der Waals surface area contributed by atoms with E-state index in [1.165, 1.54) is 18.4 Å². The molecule has 2 aliphatic heterocycles. The predicted molar refractivity (Wildman–Crippen MR) is 160 cm³/mol. The smallest absolute Gasteiger partial charge is 0.265 e. The number of ether oxygens (including phenoxy) is 2. The number of carbonyl (C=O) groups excluding carboxylic acids is 2. The third-order valence-corrected chi connectivity index (χ3v) is 8.58. The van der Waals surface area contributed by atoms with Crippen molar-refractivity contribution in [2.45, 2.75) is 18.9 Å². The van der Waals surface area contributed by atoms with Gasteiger partial charge in [0.05, 0.1) is 30.5 Å². The molecule has 9 nitrogen and oxygen atoms in total. The van der Waals surface area contributed by atoms with E-state index in [0.717, 1.165) is 24.3 Å². The lowest BCUT2D eigenvalue weighted by atomic mass is 9.83. The molecule has 0 radical (unpaired) electrons. The van der Waals surface area contributed by atoms with Crippen molar-refractivity contribution in [3.8, 4) is 11.5 Å². The Morgan fingerprint density at radius 2 is 1.73 bits per heavy atom. The Bertz CT molecular complexity index is 1670. The molecule has 1 saturated heterocycles. The number of hydrogen-bond donors (Lipinski definition) is 2. The predicted octanol–water partition coefficient (Wildman–Crippen LogP) is 5.06. The summed E-state index contributed by atoms with van der Waals surface area (Å²) >= 11 is 1.36. The van der Waals surface area contributed by atoms with Gasteiger partial charge in [0.1, 0.15) is 0 Å². The molecule has 0 spiro atoms. The van der Waals surface area contributed by atoms with Crippen LogP contribution in [0.5, 0.6) is 11.5 Å². The van der Waals surface area contributed by atoms with Crippen LogP contribution in [0.3, 0.4) is 0 Å². The number of benzene rings is 2. The minimum absolute atomic E-state index is 0.0411. The highest BCUT2D eigenvalue weighted by Gasteiger charge is 2.35. The van der Waals surface area contributed by atoms with Gasteiger partial charge in [-0.05, 0) is 60.2 Å². The Kier molecular flexibility index (Phi) is 7.23. The van der Waals surface area contributed by atoms with Crippen molar-refractivity contribution in [3.05, 3.63) is 98.6 Å². The Balaban J connectivity index is 1.31. The van der Waals surface area contributed by atoms with Crippen LogP contribution < -0.4 is 30.6 Å². The van der Waals surface area contributed by atoms with Crippen molar-refractivity contribution in [1.29, 1.82) is 0 Å². The normalized spacial score (nSPS) is 17.4. The first-order valence-corrected chi connectivity index (χ1v) is 14.3. The molecule has 10 heteroatoms. The third kappa shape index (κ3) is 5.30. The molecular weight excluding hydrogens is 540 g/mol. The summed E-state index contributed by atoms with van der Waals surface area (Å²) in [6.45, 7) is 2.13. The second kappa shape index (κ2) is 11.1. The first kappa shape index (κ1) is 26.6. The number of pyridine rings is 1. The molecule has 2 N–H and O–H groups in total. The second-order valence-electron chi connectivity index (χ2n) is 10.3. The van der Waals surface area contributed by atoms with E-state index in [9.17, 15) is 14.4 Å². The molecular formula is C31H30N4O5S. The molecule has 0 saturated carbocycles. The average Bonchev–Trinajstić information content (AvgIpc) is 3.53. The number of carbonyl (C=O) groups is 2. The Morgan fingerprint density at radius 1 is 0.878 bits per heavy atom. The first-order valence-electron chi connectivity index (χ1n) is 13.4. The molecule has 4 aromatic rings. The number of anilines is 3. The number of hydrogen-bond acceptors (Lipinski definition) is 7. The molecule has 6 rings (SSSR count). The van der Waals surface area contributed by atoms with E-state index in [0.29, 0.717) is 52.3 Å². The number of rotatable bonds is 7. The Labute approximate surface area is 241 Å². The van der Waals surface area contributed by atoms with Gasteiger partial charge in [-0.1, -0.05) is 12.1 Å². The van der Waals surface area contributed by atoms with Crippen LogP contribution in [0.25, 0.3) is 0 Å². The molecule has 2 aliphatic rings. The third-order valence-electron chi connectivity index (χ3n) is 7.71. The maximum Gasteiger partial charge on any atom is 0.265 e. The molecule has 2 aromatic heterocycles. The number of methoxy groups -OCH3 is 2. The minimum atomic E-state index is -0.320. The van der Waals surface area contributed by atoms with Crippen LogP contribution in [-0.4, -0.2) is 43.7 Å². The van der Waals surface area contributed by atoms with Crippen molar-refractivity contribution in [2.24, 2.45) is 5.92 Å². The van der Waals surface area contributed by atoms with Gasteiger partial charge in [-0.2, -0.15) is 0 Å². The second-order valence-corrected chi connectivity index (χ2v) is 11.2. The summed E-state index contributed by atoms with van der Waals surface area (Å²) in [5, 5.41) is 7.82. The zero-order valence-corrected chi connectivity index (χ0v) is 23.6. The fraction of sp³-hybridized carbons (Fsp3) is 0.258. The fourth-order valence-corrected chi connectivity index (χ4v) is 6.47. The van der Waals surface area contributed by atoms with E-state index >= 15 is 0 Å². The molecule has 1 fully saturated rings. The molecule has 210 valence electrons. The highest BCUT2D eigenvalue weighted by Crippen LogP contribution is 2.39.